The van der Waals surface area contributed by atoms with Crippen LogP contribution in [0.15, 0.2) is 30.3 Å². The van der Waals surface area contributed by atoms with Crippen LogP contribution in [-0.2, 0) is 0 Å². The summed E-state index contributed by atoms with van der Waals surface area (Å²) in [4.78, 5) is 2.84. The maximum absolute atomic E-state index is 13.6. The van der Waals surface area contributed by atoms with Crippen molar-refractivity contribution in [2.24, 2.45) is 0 Å². The van der Waals surface area contributed by atoms with Crippen LogP contribution in [0.1, 0.15) is 0 Å². The molecule has 0 radical (unpaired) electrons. The average molecular weight is 315 g/mol. The molecule has 20 heavy (non-hydrogen) atoms. The van der Waals surface area contributed by atoms with Gasteiger partial charge >= 0.3 is 0 Å². The van der Waals surface area contributed by atoms with Gasteiger partial charge in [-0.25, -0.2) is 13.2 Å². The van der Waals surface area contributed by atoms with Gasteiger partial charge in [-0.2, -0.15) is 0 Å². The number of nitrogens with one attached hydrogen (secondary N) is 1. The highest BCUT2D eigenvalue weighted by Crippen LogP contribution is 2.25. The lowest BCUT2D eigenvalue weighted by Gasteiger charge is -2.05. The molecule has 102 valence electrons. The zero-order chi connectivity index (χ0) is 14.4. The Kier molecular flexibility index (Phi) is 3.07. The Morgan fingerprint density at radius 2 is 1.75 bits per heavy atom. The molecule has 0 atom stereocenters. The van der Waals surface area contributed by atoms with Crippen molar-refractivity contribution in [1.29, 1.82) is 0 Å². The number of halogens is 4. The molecule has 0 spiro atoms. The number of benzene rings is 2. The van der Waals surface area contributed by atoms with Crippen LogP contribution in [0.3, 0.4) is 0 Å². The van der Waals surface area contributed by atoms with Gasteiger partial charge in [-0.05, 0) is 30.4 Å². The van der Waals surface area contributed by atoms with E-state index in [2.05, 4.69) is 4.98 Å². The Balaban J connectivity index is 2.35. The smallest absolute Gasteiger partial charge is 0.182 e. The van der Waals surface area contributed by atoms with E-state index >= 15 is 0 Å². The van der Waals surface area contributed by atoms with Gasteiger partial charge in [0.2, 0.25) is 0 Å². The molecule has 0 bridgehead atoms. The Morgan fingerprint density at radius 3 is 2.45 bits per heavy atom. The van der Waals surface area contributed by atoms with E-state index in [0.29, 0.717) is 16.7 Å². The van der Waals surface area contributed by atoms with Gasteiger partial charge in [-0.1, -0.05) is 11.6 Å². The van der Waals surface area contributed by atoms with Gasteiger partial charge in [0.15, 0.2) is 16.4 Å². The Hall–Kier alpha value is -1.79. The fraction of sp³-hybridized carbons (Fsp3) is 0. The van der Waals surface area contributed by atoms with E-state index in [1.54, 1.807) is 0 Å². The minimum Gasteiger partial charge on any atom is -0.330 e. The molecule has 2 aromatic carbocycles. The van der Waals surface area contributed by atoms with E-state index < -0.39 is 17.5 Å². The molecule has 0 saturated heterocycles. The number of fused-ring (bicyclic) bond motifs is 1. The maximum Gasteiger partial charge on any atom is 0.182 e. The van der Waals surface area contributed by atoms with Gasteiger partial charge in [-0.3, -0.25) is 4.57 Å². The molecule has 1 heterocycles. The molecule has 0 amide bonds. The predicted octanol–water partition coefficient (Wildman–Crippen LogP) is 4.76. The van der Waals surface area contributed by atoms with Crippen molar-refractivity contribution in [3.8, 4) is 5.69 Å². The summed E-state index contributed by atoms with van der Waals surface area (Å²) >= 11 is 10.8. The van der Waals surface area contributed by atoms with E-state index in [9.17, 15) is 13.2 Å². The standard InChI is InChI=1S/C13H6ClF3N2S/c14-7-4-11-12(5-9(7)16)19(13(20)18-11)6-1-2-8(15)10(17)3-6/h1-5H,(H,18,20). The van der Waals surface area contributed by atoms with Crippen LogP contribution in [0.4, 0.5) is 13.2 Å². The highest BCUT2D eigenvalue weighted by molar-refractivity contribution is 7.71. The lowest BCUT2D eigenvalue weighted by Crippen LogP contribution is -1.96. The highest BCUT2D eigenvalue weighted by Gasteiger charge is 2.12. The summed E-state index contributed by atoms with van der Waals surface area (Å²) in [5, 5.41) is -0.0498. The molecular formula is C13H6ClF3N2S. The first-order valence-electron chi connectivity index (χ1n) is 5.52. The number of nitrogens with zero attached hydrogens (tertiary/aromatic N) is 1. The first-order chi connectivity index (χ1) is 9.47. The molecule has 0 fully saturated rings. The molecular weight excluding hydrogens is 309 g/mol. The zero-order valence-electron chi connectivity index (χ0n) is 9.75. The van der Waals surface area contributed by atoms with Gasteiger partial charge in [-0.15, -0.1) is 0 Å². The normalized spacial score (nSPS) is 11.2. The van der Waals surface area contributed by atoms with E-state index in [4.69, 9.17) is 23.8 Å². The lowest BCUT2D eigenvalue weighted by atomic mass is 10.2. The second-order valence-corrected chi connectivity index (χ2v) is 4.94. The van der Waals surface area contributed by atoms with Crippen LogP contribution in [0.5, 0.6) is 0 Å². The van der Waals surface area contributed by atoms with Crippen molar-refractivity contribution in [3.63, 3.8) is 0 Å². The molecule has 0 aliphatic heterocycles. The van der Waals surface area contributed by atoms with E-state index in [1.165, 1.54) is 22.8 Å². The summed E-state index contributed by atoms with van der Waals surface area (Å²) in [5.41, 5.74) is 1.19. The number of H-pyrrole nitrogens is 1. The van der Waals surface area contributed by atoms with Crippen molar-refractivity contribution in [3.05, 3.63) is 57.6 Å². The van der Waals surface area contributed by atoms with E-state index in [1.807, 2.05) is 0 Å². The number of aromatic amines is 1. The minimum atomic E-state index is -1.01. The Morgan fingerprint density at radius 1 is 1.00 bits per heavy atom. The molecule has 3 rings (SSSR count). The van der Waals surface area contributed by atoms with Gasteiger partial charge in [0, 0.05) is 12.1 Å². The van der Waals surface area contributed by atoms with Gasteiger partial charge in [0.05, 0.1) is 21.7 Å². The van der Waals surface area contributed by atoms with Gasteiger partial charge in [0.1, 0.15) is 5.82 Å². The summed E-state index contributed by atoms with van der Waals surface area (Å²) in [6.45, 7) is 0. The highest BCUT2D eigenvalue weighted by atomic mass is 35.5. The second kappa shape index (κ2) is 4.64. The van der Waals surface area contributed by atoms with Crippen LogP contribution < -0.4 is 0 Å². The van der Waals surface area contributed by atoms with E-state index in [-0.39, 0.29) is 9.79 Å². The molecule has 2 nitrogen and oxygen atoms in total. The second-order valence-electron chi connectivity index (χ2n) is 4.15. The average Bonchev–Trinajstić information content (AvgIpc) is 2.69. The summed E-state index contributed by atoms with van der Waals surface area (Å²) in [6, 6.07) is 5.90. The quantitative estimate of drug-likeness (QED) is 0.642. The maximum atomic E-state index is 13.6. The molecule has 1 N–H and O–H groups in total. The summed E-state index contributed by atoms with van der Waals surface area (Å²) in [5.74, 6) is -2.59. The topological polar surface area (TPSA) is 20.7 Å². The van der Waals surface area contributed by atoms with Crippen molar-refractivity contribution in [1.82, 2.24) is 9.55 Å². The third-order valence-corrected chi connectivity index (χ3v) is 3.46. The van der Waals surface area contributed by atoms with Crippen molar-refractivity contribution in [2.45, 2.75) is 0 Å². The Labute approximate surface area is 121 Å². The fourth-order valence-corrected chi connectivity index (χ4v) is 2.46. The molecule has 7 heteroatoms. The Bertz CT molecular complexity index is 885. The molecule has 0 saturated carbocycles. The molecule has 0 aliphatic rings. The summed E-state index contributed by atoms with van der Waals surface area (Å²) in [6.07, 6.45) is 0. The zero-order valence-corrected chi connectivity index (χ0v) is 11.3. The van der Waals surface area contributed by atoms with Gasteiger partial charge in [0.25, 0.3) is 0 Å². The minimum absolute atomic E-state index is 0.0498. The van der Waals surface area contributed by atoms with E-state index in [0.717, 1.165) is 12.1 Å². The third kappa shape index (κ3) is 2.01. The summed E-state index contributed by atoms with van der Waals surface area (Å²) < 4.78 is 41.5. The van der Waals surface area contributed by atoms with Crippen LogP contribution in [-0.4, -0.2) is 9.55 Å². The predicted molar refractivity (Wildman–Crippen MR) is 73.3 cm³/mol. The number of hydrogen-bond donors (Lipinski definition) is 1. The van der Waals surface area contributed by atoms with Crippen LogP contribution in [0.25, 0.3) is 16.7 Å². The third-order valence-electron chi connectivity index (χ3n) is 2.89. The van der Waals surface area contributed by atoms with Gasteiger partial charge < -0.3 is 4.98 Å². The van der Waals surface area contributed by atoms with Crippen LogP contribution in [0, 0.1) is 22.2 Å². The first-order valence-corrected chi connectivity index (χ1v) is 6.31. The number of hydrogen-bond acceptors (Lipinski definition) is 1. The number of imidazole rings is 1. The monoisotopic (exact) mass is 314 g/mol. The number of rotatable bonds is 1. The van der Waals surface area contributed by atoms with Crippen LogP contribution in [0.2, 0.25) is 5.02 Å². The van der Waals surface area contributed by atoms with Crippen molar-refractivity contribution in [2.75, 3.05) is 0 Å². The largest absolute Gasteiger partial charge is 0.330 e. The summed E-state index contributed by atoms with van der Waals surface area (Å²) in [7, 11) is 0. The SMILES string of the molecule is Fc1ccc(-n2c(=S)[nH]c3cc(Cl)c(F)cc32)cc1F. The fourth-order valence-electron chi connectivity index (χ4n) is 1.98. The molecule has 0 aliphatic carbocycles. The van der Waals surface area contributed by atoms with Crippen molar-refractivity contribution < 1.29 is 13.2 Å². The number of aromatic nitrogens is 2. The van der Waals surface area contributed by atoms with Crippen molar-refractivity contribution >= 4 is 34.9 Å². The molecule has 1 aromatic heterocycles. The first kappa shape index (κ1) is 13.2. The van der Waals surface area contributed by atoms with Crippen LogP contribution >= 0.6 is 23.8 Å². The lowest BCUT2D eigenvalue weighted by molar-refractivity contribution is 0.508. The molecule has 0 unspecified atom stereocenters. The molecule has 3 aromatic rings.